The topological polar surface area (TPSA) is 49.6 Å². The first kappa shape index (κ1) is 37.3. The van der Waals surface area contributed by atoms with Gasteiger partial charge in [-0.3, -0.25) is 9.98 Å². The molecule has 1 atom stereocenters. The molecule has 0 amide bonds. The maximum absolute atomic E-state index is 5.12. The molecule has 1 aromatic heterocycles. The van der Waals surface area contributed by atoms with Crippen molar-refractivity contribution in [3.05, 3.63) is 162 Å². The lowest BCUT2D eigenvalue weighted by Crippen LogP contribution is -2.29. The summed E-state index contributed by atoms with van der Waals surface area (Å²) < 4.78 is 1.15. The van der Waals surface area contributed by atoms with Crippen LogP contribution in [0.5, 0.6) is 0 Å². The molecule has 0 fully saturated rings. The molecule has 0 bridgehead atoms. The maximum atomic E-state index is 5.12. The smallest absolute Gasteiger partial charge is 0.145 e. The number of para-hydroxylation sites is 1. The van der Waals surface area contributed by atoms with Gasteiger partial charge in [0.05, 0.1) is 16.8 Å². The van der Waals surface area contributed by atoms with Crippen molar-refractivity contribution in [2.45, 2.75) is 54.3 Å². The minimum absolute atomic E-state index is 0.428. The number of aliphatic imine (C=N–C) groups is 2. The first-order chi connectivity index (χ1) is 23.6. The summed E-state index contributed by atoms with van der Waals surface area (Å²) in [4.78, 5) is 14.6. The number of nitrogens with zero attached hydrogens (tertiary/aromatic N) is 3. The molecule has 4 aromatic carbocycles. The number of aromatic nitrogens is 1. The van der Waals surface area contributed by atoms with Crippen LogP contribution in [0.15, 0.2) is 145 Å². The van der Waals surface area contributed by atoms with E-state index < -0.39 is 6.17 Å². The van der Waals surface area contributed by atoms with Gasteiger partial charge in [-0.2, -0.15) is 0 Å². The van der Waals surface area contributed by atoms with Gasteiger partial charge in [-0.15, -0.1) is 11.3 Å². The molecule has 0 radical (unpaired) electrons. The Balaban J connectivity index is 0.00000151. The summed E-state index contributed by atoms with van der Waals surface area (Å²) in [5, 5.41) is 4.58. The van der Waals surface area contributed by atoms with E-state index in [0.717, 1.165) is 65.6 Å². The Kier molecular flexibility index (Phi) is 15.2. The van der Waals surface area contributed by atoms with Crippen LogP contribution in [0.1, 0.15) is 75.5 Å². The number of allylic oxidation sites excluding steroid dienone is 6. The molecule has 5 rings (SSSR count). The molecule has 246 valence electrons. The van der Waals surface area contributed by atoms with Crippen molar-refractivity contribution in [2.24, 2.45) is 9.98 Å². The summed E-state index contributed by atoms with van der Waals surface area (Å²) in [7, 11) is 0. The highest BCUT2D eigenvalue weighted by atomic mass is 32.1. The van der Waals surface area contributed by atoms with Gasteiger partial charge in [-0.25, -0.2) is 4.98 Å². The molecule has 5 aromatic rings. The Morgan fingerprint density at radius 2 is 1.42 bits per heavy atom. The fourth-order valence-electron chi connectivity index (χ4n) is 5.08. The highest BCUT2D eigenvalue weighted by Crippen LogP contribution is 2.33. The van der Waals surface area contributed by atoms with Crippen LogP contribution in [0.2, 0.25) is 0 Å². The summed E-state index contributed by atoms with van der Waals surface area (Å²) in [6.45, 7) is 24.5. The third-order valence-electron chi connectivity index (χ3n) is 7.40. The standard InChI is InChI=1S/C39H36N4S.2C2H6/c1-6-28(7-2)30-18-15-19-31(22-30)37(40-5)43-38(41-26-27-16-11-10-12-17-27)33-23-32(29(8-3)9-4)24-34(25-33)39-42-35-20-13-14-21-36(35)44-39;2*1-2/h6-25,37H,1,3,5,26H2,2,4H3,(H,41,43);2*1-2H3/b28-7+,29-9+;;. The fraction of sp³-hybridized carbons (Fsp3) is 0.186. The molecule has 1 N–H and O–H groups in total. The average molecular weight is 653 g/mol. The molecular weight excluding hydrogens is 605 g/mol. The molecular formula is C43H48N4S. The van der Waals surface area contributed by atoms with Crippen molar-refractivity contribution in [3.63, 3.8) is 0 Å². The Bertz CT molecular complexity index is 1860. The van der Waals surface area contributed by atoms with E-state index in [0.29, 0.717) is 6.54 Å². The van der Waals surface area contributed by atoms with E-state index in [-0.39, 0.29) is 0 Å². The van der Waals surface area contributed by atoms with Crippen LogP contribution >= 0.6 is 11.3 Å². The highest BCUT2D eigenvalue weighted by molar-refractivity contribution is 7.21. The van der Waals surface area contributed by atoms with E-state index in [1.807, 2.05) is 90.1 Å². The van der Waals surface area contributed by atoms with Gasteiger partial charge in [0.25, 0.3) is 0 Å². The van der Waals surface area contributed by atoms with Crippen LogP contribution in [0.25, 0.3) is 31.9 Å². The molecule has 0 spiro atoms. The summed E-state index contributed by atoms with van der Waals surface area (Å²) in [5.74, 6) is 0.718. The van der Waals surface area contributed by atoms with Gasteiger partial charge >= 0.3 is 0 Å². The van der Waals surface area contributed by atoms with Crippen LogP contribution < -0.4 is 5.32 Å². The first-order valence-electron chi connectivity index (χ1n) is 16.6. The minimum Gasteiger partial charge on any atom is -0.345 e. The average Bonchev–Trinajstić information content (AvgIpc) is 3.60. The summed E-state index contributed by atoms with van der Waals surface area (Å²) in [6, 6.07) is 33.2. The predicted molar refractivity (Wildman–Crippen MR) is 214 cm³/mol. The summed E-state index contributed by atoms with van der Waals surface area (Å²) >= 11 is 1.68. The van der Waals surface area contributed by atoms with E-state index in [1.165, 1.54) is 0 Å². The quantitative estimate of drug-likeness (QED) is 0.0877. The Hall–Kier alpha value is -5.13. The normalized spacial score (nSPS) is 12.2. The molecule has 0 aliphatic carbocycles. The highest BCUT2D eigenvalue weighted by Gasteiger charge is 2.17. The number of fused-ring (bicyclic) bond motifs is 1. The van der Waals surface area contributed by atoms with Crippen molar-refractivity contribution in [3.8, 4) is 10.6 Å². The number of rotatable bonds is 11. The fourth-order valence-corrected chi connectivity index (χ4v) is 6.03. The van der Waals surface area contributed by atoms with Gasteiger partial charge in [0.2, 0.25) is 0 Å². The van der Waals surface area contributed by atoms with E-state index in [4.69, 9.17) is 9.98 Å². The number of thiazole rings is 1. The SMILES string of the molecule is C=C/C(=C\C)c1cc(C(=NCc2ccccc2)NC(N=C)c2cccc(/C(C=C)=C/C)c2)cc(-c2nc3ccccc3s2)c1.CC.CC. The van der Waals surface area contributed by atoms with Crippen LogP contribution in [0.4, 0.5) is 0 Å². The Morgan fingerprint density at radius 3 is 2.06 bits per heavy atom. The van der Waals surface area contributed by atoms with E-state index in [2.05, 4.69) is 103 Å². The summed E-state index contributed by atoms with van der Waals surface area (Å²) in [5.41, 5.74) is 9.23. The van der Waals surface area contributed by atoms with E-state index in [1.54, 1.807) is 11.3 Å². The monoisotopic (exact) mass is 652 g/mol. The Morgan fingerprint density at radius 1 is 0.771 bits per heavy atom. The molecule has 0 saturated carbocycles. The molecule has 5 heteroatoms. The van der Waals surface area contributed by atoms with Crippen molar-refractivity contribution >= 4 is 45.3 Å². The number of hydrogen-bond donors (Lipinski definition) is 1. The van der Waals surface area contributed by atoms with Gasteiger partial charge in [-0.1, -0.05) is 126 Å². The van der Waals surface area contributed by atoms with E-state index >= 15 is 0 Å². The van der Waals surface area contributed by atoms with Gasteiger partial charge in [0.1, 0.15) is 17.0 Å². The number of nitrogens with one attached hydrogen (secondary N) is 1. The van der Waals surface area contributed by atoms with Crippen molar-refractivity contribution in [1.29, 1.82) is 0 Å². The van der Waals surface area contributed by atoms with Crippen molar-refractivity contribution in [2.75, 3.05) is 0 Å². The van der Waals surface area contributed by atoms with Crippen LogP contribution in [-0.4, -0.2) is 17.5 Å². The van der Waals surface area contributed by atoms with Gasteiger partial charge in [0, 0.05) is 11.1 Å². The lowest BCUT2D eigenvalue weighted by Gasteiger charge is -2.20. The van der Waals surface area contributed by atoms with E-state index in [9.17, 15) is 0 Å². The van der Waals surface area contributed by atoms with Crippen LogP contribution in [0, 0.1) is 0 Å². The molecule has 1 heterocycles. The largest absolute Gasteiger partial charge is 0.345 e. The van der Waals surface area contributed by atoms with Gasteiger partial charge < -0.3 is 5.32 Å². The number of benzene rings is 4. The Labute approximate surface area is 291 Å². The second-order valence-electron chi connectivity index (χ2n) is 10.2. The third-order valence-corrected chi connectivity index (χ3v) is 8.48. The number of amidine groups is 1. The van der Waals surface area contributed by atoms with Crippen molar-refractivity contribution in [1.82, 2.24) is 10.3 Å². The third kappa shape index (κ3) is 9.46. The summed E-state index contributed by atoms with van der Waals surface area (Å²) in [6.07, 6.45) is 7.44. The molecule has 48 heavy (non-hydrogen) atoms. The molecule has 0 saturated heterocycles. The lowest BCUT2D eigenvalue weighted by atomic mass is 9.98. The zero-order valence-corrected chi connectivity index (χ0v) is 30.0. The van der Waals surface area contributed by atoms with Gasteiger partial charge in [-0.05, 0) is 90.4 Å². The van der Waals surface area contributed by atoms with Crippen molar-refractivity contribution < 1.29 is 0 Å². The molecule has 1 unspecified atom stereocenters. The zero-order chi connectivity index (χ0) is 34.9. The van der Waals surface area contributed by atoms with Crippen LogP contribution in [-0.2, 0) is 6.54 Å². The first-order valence-corrected chi connectivity index (χ1v) is 17.4. The van der Waals surface area contributed by atoms with Gasteiger partial charge in [0.15, 0.2) is 0 Å². The lowest BCUT2D eigenvalue weighted by molar-refractivity contribution is 0.686. The zero-order valence-electron chi connectivity index (χ0n) is 29.2. The molecule has 0 aliphatic rings. The molecule has 4 nitrogen and oxygen atoms in total. The van der Waals surface area contributed by atoms with Crippen LogP contribution in [0.3, 0.4) is 0 Å². The second kappa shape index (κ2) is 19.5. The minimum atomic E-state index is -0.428. The number of hydrogen-bond acceptors (Lipinski definition) is 4. The molecule has 0 aliphatic heterocycles. The second-order valence-corrected chi connectivity index (χ2v) is 11.2. The predicted octanol–water partition coefficient (Wildman–Crippen LogP) is 12.1. The maximum Gasteiger partial charge on any atom is 0.145 e.